The molecule has 2 aromatic rings. The predicted molar refractivity (Wildman–Crippen MR) is 169 cm³/mol. The maximum atomic E-state index is 13.1. The van der Waals surface area contributed by atoms with Crippen LogP contribution in [0.25, 0.3) is 0 Å². The van der Waals surface area contributed by atoms with Gasteiger partial charge in [-0.1, -0.05) is 24.3 Å². The topological polar surface area (TPSA) is 192 Å². The van der Waals surface area contributed by atoms with Gasteiger partial charge in [0, 0.05) is 51.2 Å². The molecule has 5 rings (SSSR count). The van der Waals surface area contributed by atoms with Gasteiger partial charge in [-0.15, -0.1) is 0 Å². The molecule has 0 spiro atoms. The molecule has 0 radical (unpaired) electrons. The zero-order valence-corrected chi connectivity index (χ0v) is 27.4. The van der Waals surface area contributed by atoms with E-state index in [1.807, 2.05) is 29.0 Å². The molecule has 47 heavy (non-hydrogen) atoms. The van der Waals surface area contributed by atoms with Crippen molar-refractivity contribution >= 4 is 40.2 Å². The molecular formula is C30H40N8O8S. The summed E-state index contributed by atoms with van der Waals surface area (Å²) in [6.45, 7) is 5.34. The van der Waals surface area contributed by atoms with Gasteiger partial charge in [0.15, 0.2) is 11.5 Å². The zero-order valence-electron chi connectivity index (χ0n) is 26.6. The van der Waals surface area contributed by atoms with Crippen LogP contribution in [0.1, 0.15) is 55.2 Å². The van der Waals surface area contributed by atoms with Crippen molar-refractivity contribution in [2.45, 2.75) is 64.1 Å². The summed E-state index contributed by atoms with van der Waals surface area (Å²) >= 11 is 0. The molecule has 1 atom stereocenters. The maximum absolute atomic E-state index is 13.1. The molecule has 1 aromatic heterocycles. The van der Waals surface area contributed by atoms with Gasteiger partial charge in [0.2, 0.25) is 0 Å². The maximum Gasteiger partial charge on any atom is 0.421 e. The number of amides is 5. The second-order valence-electron chi connectivity index (χ2n) is 12.6. The first-order valence-electron chi connectivity index (χ1n) is 15.5. The number of anilines is 1. The number of hydrogen-bond acceptors (Lipinski definition) is 10. The van der Waals surface area contributed by atoms with Crippen molar-refractivity contribution in [3.8, 4) is 0 Å². The Morgan fingerprint density at radius 1 is 0.957 bits per heavy atom. The third-order valence-corrected chi connectivity index (χ3v) is 9.48. The summed E-state index contributed by atoms with van der Waals surface area (Å²) in [6, 6.07) is 6.86. The van der Waals surface area contributed by atoms with Crippen molar-refractivity contribution in [2.24, 2.45) is 0 Å². The lowest BCUT2D eigenvalue weighted by molar-refractivity contribution is 0.0161. The fraction of sp³-hybridized carbons (Fsp3) is 0.533. The predicted octanol–water partition coefficient (Wildman–Crippen LogP) is 1.89. The van der Waals surface area contributed by atoms with Crippen LogP contribution in [0.2, 0.25) is 0 Å². The second kappa shape index (κ2) is 14.1. The molecule has 1 aromatic carbocycles. The first-order valence-corrected chi connectivity index (χ1v) is 16.9. The van der Waals surface area contributed by atoms with Crippen molar-refractivity contribution < 1.29 is 37.1 Å². The van der Waals surface area contributed by atoms with E-state index >= 15 is 0 Å². The Balaban J connectivity index is 1.08. The van der Waals surface area contributed by atoms with E-state index < -0.39 is 46.0 Å². The van der Waals surface area contributed by atoms with Gasteiger partial charge in [-0.25, -0.2) is 29.1 Å². The SMILES string of the molecule is CC(C)(C)OC(=O)N1CCC[C@@H]1COC(=O)NS(=O)(=O)N1CCN(C(=O)Nc2nccnc2C(=O)NC2Cc3ccccc3C2)CC1. The van der Waals surface area contributed by atoms with Crippen molar-refractivity contribution in [1.82, 2.24) is 34.1 Å². The van der Waals surface area contributed by atoms with Crippen LogP contribution in [0.4, 0.5) is 20.2 Å². The van der Waals surface area contributed by atoms with Crippen molar-refractivity contribution in [3.05, 3.63) is 53.5 Å². The van der Waals surface area contributed by atoms with E-state index in [9.17, 15) is 27.6 Å². The number of nitrogens with zero attached hydrogens (tertiary/aromatic N) is 5. The number of aromatic nitrogens is 2. The lowest BCUT2D eigenvalue weighted by Gasteiger charge is -2.33. The van der Waals surface area contributed by atoms with Gasteiger partial charge in [0.25, 0.3) is 5.91 Å². The van der Waals surface area contributed by atoms with Crippen molar-refractivity contribution in [3.63, 3.8) is 0 Å². The summed E-state index contributed by atoms with van der Waals surface area (Å²) in [6.07, 6.45) is 3.69. The lowest BCUT2D eigenvalue weighted by Crippen LogP contribution is -2.55. The summed E-state index contributed by atoms with van der Waals surface area (Å²) < 4.78 is 39.2. The number of carbonyl (C=O) groups is 4. The minimum absolute atomic E-state index is 0.0108. The van der Waals surface area contributed by atoms with Gasteiger partial charge in [-0.05, 0) is 57.6 Å². The molecule has 17 heteroatoms. The smallest absolute Gasteiger partial charge is 0.421 e. The number of hydrogen-bond donors (Lipinski definition) is 3. The Bertz CT molecular complexity index is 1580. The molecule has 3 aliphatic rings. The largest absolute Gasteiger partial charge is 0.447 e. The number of urea groups is 1. The number of piperazine rings is 1. The molecule has 1 aliphatic carbocycles. The van der Waals surface area contributed by atoms with Crippen LogP contribution in [-0.4, -0.2) is 114 Å². The molecule has 3 N–H and O–H groups in total. The number of fused-ring (bicyclic) bond motifs is 1. The van der Waals surface area contributed by atoms with Crippen LogP contribution < -0.4 is 15.4 Å². The molecule has 2 aliphatic heterocycles. The quantitative estimate of drug-likeness (QED) is 0.391. The summed E-state index contributed by atoms with van der Waals surface area (Å²) in [7, 11) is -4.27. The Hall–Kier alpha value is -4.51. The molecule has 254 valence electrons. The summed E-state index contributed by atoms with van der Waals surface area (Å²) in [5.41, 5.74) is 1.63. The average molecular weight is 673 g/mol. The summed E-state index contributed by atoms with van der Waals surface area (Å²) in [5, 5.41) is 5.58. The molecule has 2 fully saturated rings. The van der Waals surface area contributed by atoms with Gasteiger partial charge >= 0.3 is 28.4 Å². The Labute approximate surface area is 273 Å². The molecule has 0 bridgehead atoms. The van der Waals surface area contributed by atoms with Crippen LogP contribution in [0, 0.1) is 0 Å². The van der Waals surface area contributed by atoms with E-state index in [0.29, 0.717) is 32.2 Å². The van der Waals surface area contributed by atoms with Crippen LogP contribution in [-0.2, 0) is 32.5 Å². The Morgan fingerprint density at radius 3 is 2.28 bits per heavy atom. The average Bonchev–Trinajstić information content (AvgIpc) is 3.66. The van der Waals surface area contributed by atoms with Gasteiger partial charge in [-0.2, -0.15) is 12.7 Å². The van der Waals surface area contributed by atoms with Crippen LogP contribution in [0.3, 0.4) is 0 Å². The van der Waals surface area contributed by atoms with E-state index in [1.165, 1.54) is 33.3 Å². The Kier molecular flexibility index (Phi) is 10.1. The number of nitrogens with one attached hydrogen (secondary N) is 3. The second-order valence-corrected chi connectivity index (χ2v) is 14.3. The first kappa shape index (κ1) is 33.8. The van der Waals surface area contributed by atoms with E-state index in [0.717, 1.165) is 4.31 Å². The monoisotopic (exact) mass is 672 g/mol. The minimum Gasteiger partial charge on any atom is -0.447 e. The highest BCUT2D eigenvalue weighted by atomic mass is 32.2. The standard InChI is InChI=1S/C30H40N8O8S/c1-30(2,3)46-29(42)38-12-6-9-23(38)19-45-28(41)35-47(43,44)37-15-13-36(14-16-37)27(40)34-25-24(31-10-11-32-25)26(39)33-22-17-20-7-4-5-8-21(20)18-22/h4-5,7-8,10-11,22-23H,6,9,12-19H2,1-3H3,(H,33,39)(H,35,41)(H,32,34,40)/t23-/m1/s1. The summed E-state index contributed by atoms with van der Waals surface area (Å²) in [5.74, 6) is -0.483. The number of carbonyl (C=O) groups excluding carboxylic acids is 4. The Morgan fingerprint density at radius 2 is 1.62 bits per heavy atom. The van der Waals surface area contributed by atoms with Gasteiger partial charge in [0.1, 0.15) is 12.2 Å². The highest BCUT2D eigenvalue weighted by Gasteiger charge is 2.35. The zero-order chi connectivity index (χ0) is 33.8. The molecular weight excluding hydrogens is 632 g/mol. The van der Waals surface area contributed by atoms with Gasteiger partial charge in [0.05, 0.1) is 6.04 Å². The van der Waals surface area contributed by atoms with Crippen LogP contribution in [0.5, 0.6) is 0 Å². The molecule has 5 amide bonds. The van der Waals surface area contributed by atoms with E-state index in [-0.39, 0.29) is 50.3 Å². The van der Waals surface area contributed by atoms with E-state index in [4.69, 9.17) is 9.47 Å². The highest BCUT2D eigenvalue weighted by Crippen LogP contribution is 2.23. The fourth-order valence-corrected chi connectivity index (χ4v) is 6.81. The molecule has 2 saturated heterocycles. The molecule has 16 nitrogen and oxygen atoms in total. The lowest BCUT2D eigenvalue weighted by atomic mass is 10.1. The number of benzene rings is 1. The molecule has 0 saturated carbocycles. The normalized spacial score (nSPS) is 18.7. The van der Waals surface area contributed by atoms with E-state index in [1.54, 1.807) is 20.8 Å². The molecule has 0 unspecified atom stereocenters. The number of rotatable bonds is 7. The third-order valence-electron chi connectivity index (χ3n) is 8.01. The van der Waals surface area contributed by atoms with Crippen LogP contribution >= 0.6 is 0 Å². The minimum atomic E-state index is -4.27. The van der Waals surface area contributed by atoms with Crippen molar-refractivity contribution in [1.29, 1.82) is 0 Å². The van der Waals surface area contributed by atoms with Gasteiger partial charge < -0.3 is 24.6 Å². The summed E-state index contributed by atoms with van der Waals surface area (Å²) in [4.78, 5) is 62.1. The van der Waals surface area contributed by atoms with Gasteiger partial charge in [-0.3, -0.25) is 10.1 Å². The third kappa shape index (κ3) is 8.65. The molecule has 3 heterocycles. The number of likely N-dealkylation sites (tertiary alicyclic amines) is 1. The van der Waals surface area contributed by atoms with Crippen LogP contribution in [0.15, 0.2) is 36.7 Å². The fourth-order valence-electron chi connectivity index (χ4n) is 5.76. The first-order chi connectivity index (χ1) is 22.3. The van der Waals surface area contributed by atoms with E-state index in [2.05, 4.69) is 20.6 Å². The highest BCUT2D eigenvalue weighted by molar-refractivity contribution is 7.87. The van der Waals surface area contributed by atoms with Crippen molar-refractivity contribution in [2.75, 3.05) is 44.6 Å². The number of ether oxygens (including phenoxy) is 2.